The minimum atomic E-state index is -0.328. The summed E-state index contributed by atoms with van der Waals surface area (Å²) in [5, 5.41) is 0.0321. The number of aryl methyl sites for hydroxylation is 1. The molecule has 0 spiro atoms. The highest BCUT2D eigenvalue weighted by Gasteiger charge is 2.39. The van der Waals surface area contributed by atoms with Crippen molar-refractivity contribution in [1.29, 1.82) is 0 Å². The number of thioether (sulfide) groups is 1. The van der Waals surface area contributed by atoms with Crippen molar-refractivity contribution in [3.05, 3.63) is 47.2 Å². The Morgan fingerprint density at radius 2 is 1.89 bits per heavy atom. The molecule has 1 aliphatic rings. The standard InChI is InChI=1S/C23H32O3S/c1-4-5-6-7-8-9-13-23(3)21(16-22(25)27-23)26-17-20(24)15-19-12-10-11-18(2)14-19/h10-12,14,16H,4-9,13,15,17H2,1-3H3. The van der Waals surface area contributed by atoms with Crippen LogP contribution < -0.4 is 0 Å². The van der Waals surface area contributed by atoms with Crippen LogP contribution in [0.4, 0.5) is 0 Å². The van der Waals surface area contributed by atoms with Gasteiger partial charge in [-0.1, -0.05) is 87.0 Å². The first-order valence-electron chi connectivity index (χ1n) is 10.1. The topological polar surface area (TPSA) is 43.4 Å². The lowest BCUT2D eigenvalue weighted by Gasteiger charge is -2.26. The Morgan fingerprint density at radius 3 is 2.63 bits per heavy atom. The first kappa shape index (κ1) is 21.7. The zero-order valence-electron chi connectivity index (χ0n) is 16.9. The Balaban J connectivity index is 1.81. The van der Waals surface area contributed by atoms with Crippen LogP contribution in [0, 0.1) is 6.92 Å². The van der Waals surface area contributed by atoms with Gasteiger partial charge in [0.2, 0.25) is 5.12 Å². The van der Waals surface area contributed by atoms with E-state index in [9.17, 15) is 9.59 Å². The summed E-state index contributed by atoms with van der Waals surface area (Å²) >= 11 is 1.33. The SMILES string of the molecule is CCCCCCCCC1(C)SC(=O)C=C1OCC(=O)Cc1cccc(C)c1. The third kappa shape index (κ3) is 7.17. The number of rotatable bonds is 12. The first-order chi connectivity index (χ1) is 12.9. The summed E-state index contributed by atoms with van der Waals surface area (Å²) < 4.78 is 5.49. The summed E-state index contributed by atoms with van der Waals surface area (Å²) in [7, 11) is 0. The van der Waals surface area contributed by atoms with Gasteiger partial charge in [-0.25, -0.2) is 0 Å². The highest BCUT2D eigenvalue weighted by atomic mass is 32.2. The number of hydrogen-bond donors (Lipinski definition) is 0. The molecule has 0 aromatic heterocycles. The number of Topliss-reactive ketones (excluding diaryl/α,β-unsaturated/α-hetero) is 1. The fraction of sp³-hybridized carbons (Fsp3) is 0.565. The van der Waals surface area contributed by atoms with Crippen LogP contribution in [0.15, 0.2) is 36.1 Å². The van der Waals surface area contributed by atoms with Crippen molar-refractivity contribution in [2.75, 3.05) is 6.61 Å². The second kappa shape index (κ2) is 10.7. The molecule has 0 radical (unpaired) electrons. The van der Waals surface area contributed by atoms with E-state index in [-0.39, 0.29) is 22.3 Å². The van der Waals surface area contributed by atoms with E-state index in [0.717, 1.165) is 24.0 Å². The van der Waals surface area contributed by atoms with Crippen LogP contribution in [0.3, 0.4) is 0 Å². The van der Waals surface area contributed by atoms with Crippen molar-refractivity contribution >= 4 is 22.7 Å². The van der Waals surface area contributed by atoms with Crippen LogP contribution in [0.25, 0.3) is 0 Å². The normalized spacial score (nSPS) is 19.2. The Bertz CT molecular complexity index is 680. The molecule has 0 amide bonds. The highest BCUT2D eigenvalue weighted by Crippen LogP contribution is 2.44. The molecule has 0 saturated carbocycles. The average molecular weight is 389 g/mol. The first-order valence-corrected chi connectivity index (χ1v) is 10.9. The van der Waals surface area contributed by atoms with Crippen molar-refractivity contribution in [3.8, 4) is 0 Å². The van der Waals surface area contributed by atoms with Gasteiger partial charge in [0, 0.05) is 12.5 Å². The molecule has 0 saturated heterocycles. The van der Waals surface area contributed by atoms with Crippen LogP contribution >= 0.6 is 11.8 Å². The molecule has 0 N–H and O–H groups in total. The van der Waals surface area contributed by atoms with Gasteiger partial charge in [0.15, 0.2) is 5.78 Å². The molecule has 1 heterocycles. The van der Waals surface area contributed by atoms with E-state index in [4.69, 9.17) is 4.74 Å². The smallest absolute Gasteiger partial charge is 0.216 e. The van der Waals surface area contributed by atoms with E-state index < -0.39 is 0 Å². The lowest BCUT2D eigenvalue weighted by Crippen LogP contribution is -2.24. The number of ketones is 1. The molecule has 148 valence electrons. The number of carbonyl (C=O) groups excluding carboxylic acids is 2. The maximum absolute atomic E-state index is 12.3. The number of hydrogen-bond acceptors (Lipinski definition) is 4. The van der Waals surface area contributed by atoms with E-state index in [2.05, 4.69) is 13.8 Å². The fourth-order valence-electron chi connectivity index (χ4n) is 3.43. The number of benzene rings is 1. The zero-order chi connectivity index (χ0) is 19.7. The number of carbonyl (C=O) groups is 2. The molecular weight excluding hydrogens is 356 g/mol. The lowest BCUT2D eigenvalue weighted by atomic mass is 9.99. The molecule has 3 nitrogen and oxygen atoms in total. The fourth-order valence-corrected chi connectivity index (χ4v) is 4.51. The molecule has 4 heteroatoms. The molecule has 2 rings (SSSR count). The summed E-state index contributed by atoms with van der Waals surface area (Å²) in [6, 6.07) is 7.96. The molecular formula is C23H32O3S. The molecule has 1 aromatic carbocycles. The molecule has 0 aliphatic carbocycles. The molecule has 0 bridgehead atoms. The molecule has 27 heavy (non-hydrogen) atoms. The second-order valence-corrected chi connectivity index (χ2v) is 9.18. The van der Waals surface area contributed by atoms with E-state index in [0.29, 0.717) is 12.2 Å². The molecule has 1 aliphatic heterocycles. The van der Waals surface area contributed by atoms with Crippen LogP contribution in [-0.2, 0) is 20.7 Å². The minimum Gasteiger partial charge on any atom is -0.489 e. The van der Waals surface area contributed by atoms with Gasteiger partial charge >= 0.3 is 0 Å². The van der Waals surface area contributed by atoms with Crippen molar-refractivity contribution < 1.29 is 14.3 Å². The van der Waals surface area contributed by atoms with Gasteiger partial charge in [0.05, 0.1) is 4.75 Å². The molecule has 1 aromatic rings. The van der Waals surface area contributed by atoms with Gasteiger partial charge in [-0.3, -0.25) is 9.59 Å². The van der Waals surface area contributed by atoms with Gasteiger partial charge in [0.1, 0.15) is 12.4 Å². The Kier molecular flexibility index (Phi) is 8.62. The van der Waals surface area contributed by atoms with Gasteiger partial charge in [-0.2, -0.15) is 0 Å². The van der Waals surface area contributed by atoms with E-state index in [1.807, 2.05) is 31.2 Å². The van der Waals surface area contributed by atoms with Crippen molar-refractivity contribution in [2.45, 2.75) is 76.9 Å². The molecule has 1 atom stereocenters. The average Bonchev–Trinajstić information content (AvgIpc) is 2.90. The van der Waals surface area contributed by atoms with Gasteiger partial charge in [-0.15, -0.1) is 0 Å². The van der Waals surface area contributed by atoms with Gasteiger partial charge in [-0.05, 0) is 25.8 Å². The van der Waals surface area contributed by atoms with E-state index >= 15 is 0 Å². The predicted molar refractivity (Wildman–Crippen MR) is 113 cm³/mol. The van der Waals surface area contributed by atoms with Crippen LogP contribution in [0.2, 0.25) is 0 Å². The largest absolute Gasteiger partial charge is 0.489 e. The molecule has 1 unspecified atom stereocenters. The summed E-state index contributed by atoms with van der Waals surface area (Å²) in [6.07, 6.45) is 10.2. The Hall–Kier alpha value is -1.55. The highest BCUT2D eigenvalue weighted by molar-refractivity contribution is 8.15. The van der Waals surface area contributed by atoms with E-state index in [1.165, 1.54) is 43.9 Å². The maximum atomic E-state index is 12.3. The third-order valence-corrected chi connectivity index (χ3v) is 6.15. The van der Waals surface area contributed by atoms with Crippen LogP contribution in [0.1, 0.15) is 69.9 Å². The quantitative estimate of drug-likeness (QED) is 0.425. The van der Waals surface area contributed by atoms with Crippen molar-refractivity contribution in [1.82, 2.24) is 0 Å². The van der Waals surface area contributed by atoms with Gasteiger partial charge < -0.3 is 4.74 Å². The van der Waals surface area contributed by atoms with Crippen LogP contribution in [0.5, 0.6) is 0 Å². The van der Waals surface area contributed by atoms with E-state index in [1.54, 1.807) is 6.08 Å². The predicted octanol–water partition coefficient (Wildman–Crippen LogP) is 5.79. The summed E-state index contributed by atoms with van der Waals surface area (Å²) in [4.78, 5) is 24.2. The monoisotopic (exact) mass is 388 g/mol. The second-order valence-electron chi connectivity index (χ2n) is 7.67. The Morgan fingerprint density at radius 1 is 1.15 bits per heavy atom. The third-order valence-electron chi connectivity index (χ3n) is 4.98. The van der Waals surface area contributed by atoms with Gasteiger partial charge in [0.25, 0.3) is 0 Å². The lowest BCUT2D eigenvalue weighted by molar-refractivity contribution is -0.122. The maximum Gasteiger partial charge on any atom is 0.216 e. The van der Waals surface area contributed by atoms with Crippen molar-refractivity contribution in [3.63, 3.8) is 0 Å². The van der Waals surface area contributed by atoms with Crippen LogP contribution in [-0.4, -0.2) is 22.3 Å². The number of ether oxygens (including phenoxy) is 1. The number of unbranched alkanes of at least 4 members (excludes halogenated alkanes) is 5. The minimum absolute atomic E-state index is 0.0275. The Labute approximate surface area is 167 Å². The zero-order valence-corrected chi connectivity index (χ0v) is 17.7. The summed E-state index contributed by atoms with van der Waals surface area (Å²) in [5.74, 6) is 0.705. The summed E-state index contributed by atoms with van der Waals surface area (Å²) in [6.45, 7) is 6.33. The van der Waals surface area contributed by atoms with Crippen molar-refractivity contribution in [2.24, 2.45) is 0 Å². The summed E-state index contributed by atoms with van der Waals surface area (Å²) in [5.41, 5.74) is 2.15. The molecule has 0 fully saturated rings.